The number of primary amides is 1. The Morgan fingerprint density at radius 1 is 1.15 bits per heavy atom. The van der Waals surface area contributed by atoms with E-state index in [1.165, 1.54) is 12.3 Å². The minimum atomic E-state index is -4.77. The smallest absolute Gasteiger partial charge is 0.365 e. The van der Waals surface area contributed by atoms with E-state index in [0.29, 0.717) is 5.13 Å². The Bertz CT molecular complexity index is 951. The molecule has 3 rings (SSSR count). The Morgan fingerprint density at radius 2 is 1.78 bits per heavy atom. The van der Waals surface area contributed by atoms with Gasteiger partial charge in [-0.2, -0.15) is 17.5 Å². The van der Waals surface area contributed by atoms with Gasteiger partial charge in [-0.25, -0.2) is 13.4 Å². The standard InChI is InChI=1S/C15H15F3N4O3S2/c16-15(17,18)10-3-1-2-4-12(10)27(24,25)22-7-5-21(6-8-22)14-20-9-11(26-14)13(19)23/h1-4,9H,5-8H2,(H2,19,23). The molecule has 1 aromatic carbocycles. The summed E-state index contributed by atoms with van der Waals surface area (Å²) >= 11 is 1.08. The van der Waals surface area contributed by atoms with Gasteiger partial charge in [0.1, 0.15) is 4.88 Å². The van der Waals surface area contributed by atoms with Crippen LogP contribution >= 0.6 is 11.3 Å². The molecule has 0 saturated carbocycles. The lowest BCUT2D eigenvalue weighted by molar-refractivity contribution is -0.139. The lowest BCUT2D eigenvalue weighted by Crippen LogP contribution is -2.48. The summed E-state index contributed by atoms with van der Waals surface area (Å²) in [4.78, 5) is 16.5. The quantitative estimate of drug-likeness (QED) is 0.813. The van der Waals surface area contributed by atoms with Crippen molar-refractivity contribution in [3.8, 4) is 0 Å². The number of hydrogen-bond donors (Lipinski definition) is 1. The number of carbonyl (C=O) groups is 1. The first-order valence-electron chi connectivity index (χ1n) is 7.77. The van der Waals surface area contributed by atoms with Crippen LogP contribution in [0.2, 0.25) is 0 Å². The zero-order valence-electron chi connectivity index (χ0n) is 13.8. The van der Waals surface area contributed by atoms with Crippen molar-refractivity contribution in [1.82, 2.24) is 9.29 Å². The molecular weight excluding hydrogens is 405 g/mol. The van der Waals surface area contributed by atoms with Gasteiger partial charge in [0.25, 0.3) is 5.91 Å². The molecule has 1 aliphatic heterocycles. The SMILES string of the molecule is NC(=O)c1cnc(N2CCN(S(=O)(=O)c3ccccc3C(F)(F)F)CC2)s1. The molecule has 1 aromatic heterocycles. The van der Waals surface area contributed by atoms with E-state index in [0.717, 1.165) is 33.8 Å². The van der Waals surface area contributed by atoms with Crippen molar-refractivity contribution in [1.29, 1.82) is 0 Å². The Balaban J connectivity index is 1.78. The van der Waals surface area contributed by atoms with E-state index >= 15 is 0 Å². The van der Waals surface area contributed by atoms with Gasteiger partial charge < -0.3 is 10.6 Å². The normalized spacial score (nSPS) is 16.5. The molecule has 7 nitrogen and oxygen atoms in total. The van der Waals surface area contributed by atoms with Crippen LogP contribution in [0.1, 0.15) is 15.2 Å². The van der Waals surface area contributed by atoms with E-state index in [1.54, 1.807) is 4.90 Å². The van der Waals surface area contributed by atoms with E-state index in [4.69, 9.17) is 5.73 Å². The van der Waals surface area contributed by atoms with Crippen LogP contribution < -0.4 is 10.6 Å². The number of benzene rings is 1. The first-order valence-corrected chi connectivity index (χ1v) is 10.0. The summed E-state index contributed by atoms with van der Waals surface area (Å²) < 4.78 is 66.0. The molecule has 146 valence electrons. The number of thiazole rings is 1. The maximum absolute atomic E-state index is 13.2. The highest BCUT2D eigenvalue weighted by Crippen LogP contribution is 2.35. The summed E-state index contributed by atoms with van der Waals surface area (Å²) in [6.45, 7) is 0.471. The van der Waals surface area contributed by atoms with E-state index in [2.05, 4.69) is 4.98 Å². The topological polar surface area (TPSA) is 96.6 Å². The van der Waals surface area contributed by atoms with E-state index < -0.39 is 32.6 Å². The Hall–Kier alpha value is -2.18. The molecular formula is C15H15F3N4O3S2. The van der Waals surface area contributed by atoms with Crippen molar-refractivity contribution < 1.29 is 26.4 Å². The summed E-state index contributed by atoms with van der Waals surface area (Å²) in [6, 6.07) is 4.13. The molecule has 0 aliphatic carbocycles. The summed E-state index contributed by atoms with van der Waals surface area (Å²) in [7, 11) is -4.29. The molecule has 27 heavy (non-hydrogen) atoms. The van der Waals surface area contributed by atoms with E-state index in [1.807, 2.05) is 0 Å². The predicted octanol–water partition coefficient (Wildman–Crippen LogP) is 1.77. The number of aromatic nitrogens is 1. The molecule has 1 aliphatic rings. The highest BCUT2D eigenvalue weighted by molar-refractivity contribution is 7.89. The molecule has 1 amide bonds. The van der Waals surface area contributed by atoms with Gasteiger partial charge >= 0.3 is 6.18 Å². The third-order valence-corrected chi connectivity index (χ3v) is 7.09. The Labute approximate surface area is 157 Å². The first-order chi connectivity index (χ1) is 12.6. The number of anilines is 1. The molecule has 2 aromatic rings. The number of halogens is 3. The molecule has 0 unspecified atom stereocenters. The van der Waals surface area contributed by atoms with Crippen LogP contribution in [-0.2, 0) is 16.2 Å². The average molecular weight is 420 g/mol. The molecule has 12 heteroatoms. The molecule has 1 saturated heterocycles. The van der Waals surface area contributed by atoms with Crippen molar-refractivity contribution in [2.45, 2.75) is 11.1 Å². The second-order valence-electron chi connectivity index (χ2n) is 5.76. The van der Waals surface area contributed by atoms with Crippen LogP contribution in [-0.4, -0.2) is 49.8 Å². The van der Waals surface area contributed by atoms with Crippen molar-refractivity contribution in [2.24, 2.45) is 5.73 Å². The van der Waals surface area contributed by atoms with Crippen molar-refractivity contribution in [2.75, 3.05) is 31.1 Å². The predicted molar refractivity (Wildman–Crippen MR) is 93.0 cm³/mol. The van der Waals surface area contributed by atoms with Gasteiger partial charge in [0.2, 0.25) is 10.0 Å². The molecule has 0 radical (unpaired) electrons. The molecule has 0 atom stereocenters. The minimum Gasteiger partial charge on any atom is -0.365 e. The lowest BCUT2D eigenvalue weighted by Gasteiger charge is -2.34. The third kappa shape index (κ3) is 3.92. The largest absolute Gasteiger partial charge is 0.417 e. The van der Waals surface area contributed by atoms with Crippen LogP contribution in [0, 0.1) is 0 Å². The number of alkyl halides is 3. The van der Waals surface area contributed by atoms with E-state index in [9.17, 15) is 26.4 Å². The fraction of sp³-hybridized carbons (Fsp3) is 0.333. The first kappa shape index (κ1) is 19.6. The fourth-order valence-electron chi connectivity index (χ4n) is 2.71. The van der Waals surface area contributed by atoms with Crippen molar-refractivity contribution in [3.05, 3.63) is 40.9 Å². The molecule has 1 fully saturated rings. The number of amides is 1. The van der Waals surface area contributed by atoms with Gasteiger partial charge in [0.05, 0.1) is 16.7 Å². The van der Waals surface area contributed by atoms with Gasteiger partial charge in [-0.15, -0.1) is 0 Å². The molecule has 0 spiro atoms. The summed E-state index contributed by atoms with van der Waals surface area (Å²) in [5.41, 5.74) is 4.00. The van der Waals surface area contributed by atoms with Crippen LogP contribution in [0.5, 0.6) is 0 Å². The number of rotatable bonds is 4. The van der Waals surface area contributed by atoms with Crippen molar-refractivity contribution >= 4 is 32.4 Å². The second-order valence-corrected chi connectivity index (χ2v) is 8.67. The average Bonchev–Trinajstić information content (AvgIpc) is 3.11. The number of nitrogens with zero attached hydrogens (tertiary/aromatic N) is 3. The lowest BCUT2D eigenvalue weighted by atomic mass is 10.2. The minimum absolute atomic E-state index is 0.00000945. The number of hydrogen-bond acceptors (Lipinski definition) is 6. The zero-order valence-corrected chi connectivity index (χ0v) is 15.4. The van der Waals surface area contributed by atoms with Crippen LogP contribution in [0.3, 0.4) is 0 Å². The monoisotopic (exact) mass is 420 g/mol. The Morgan fingerprint density at radius 3 is 2.33 bits per heavy atom. The zero-order chi connectivity index (χ0) is 19.8. The highest BCUT2D eigenvalue weighted by Gasteiger charge is 2.39. The number of carbonyl (C=O) groups excluding carboxylic acids is 1. The fourth-order valence-corrected chi connectivity index (χ4v) is 5.16. The highest BCUT2D eigenvalue weighted by atomic mass is 32.2. The number of sulfonamides is 1. The second kappa shape index (κ2) is 7.09. The van der Waals surface area contributed by atoms with Crippen molar-refractivity contribution in [3.63, 3.8) is 0 Å². The van der Waals surface area contributed by atoms with E-state index in [-0.39, 0.29) is 31.1 Å². The van der Waals surface area contributed by atoms with Gasteiger partial charge in [-0.3, -0.25) is 4.79 Å². The van der Waals surface area contributed by atoms with Crippen LogP contribution in [0.4, 0.5) is 18.3 Å². The summed E-state index contributed by atoms with van der Waals surface area (Å²) in [6.07, 6.45) is -3.43. The molecule has 2 N–H and O–H groups in total. The van der Waals surface area contributed by atoms with Crippen LogP contribution in [0.25, 0.3) is 0 Å². The van der Waals surface area contributed by atoms with Gasteiger partial charge in [0, 0.05) is 26.2 Å². The summed E-state index contributed by atoms with van der Waals surface area (Å²) in [5, 5.41) is 0.511. The van der Waals surface area contributed by atoms with Crippen LogP contribution in [0.15, 0.2) is 35.4 Å². The summed E-state index contributed by atoms with van der Waals surface area (Å²) in [5.74, 6) is -0.608. The maximum atomic E-state index is 13.2. The molecule has 2 heterocycles. The van der Waals surface area contributed by atoms with Gasteiger partial charge in [-0.1, -0.05) is 23.5 Å². The van der Waals surface area contributed by atoms with Gasteiger partial charge in [-0.05, 0) is 12.1 Å². The molecule has 0 bridgehead atoms. The van der Waals surface area contributed by atoms with Gasteiger partial charge in [0.15, 0.2) is 5.13 Å². The third-order valence-electron chi connectivity index (χ3n) is 4.06. The number of piperazine rings is 1. The maximum Gasteiger partial charge on any atom is 0.417 e. The Kier molecular flexibility index (Phi) is 5.14. The number of nitrogens with two attached hydrogens (primary N) is 1.